The third kappa shape index (κ3) is 4.82. The summed E-state index contributed by atoms with van der Waals surface area (Å²) in [6.07, 6.45) is -1.04. The maximum absolute atomic E-state index is 14.9. The summed E-state index contributed by atoms with van der Waals surface area (Å²) < 4.78 is 49.7. The average molecular weight is 469 g/mol. The number of alkyl carbamates (subject to hydrolysis) is 1. The van der Waals surface area contributed by atoms with Crippen LogP contribution in [0, 0.1) is 23.5 Å². The maximum atomic E-state index is 14.9. The van der Waals surface area contributed by atoms with E-state index >= 15 is 0 Å². The predicted octanol–water partition coefficient (Wildman–Crippen LogP) is 2.35. The van der Waals surface area contributed by atoms with Crippen LogP contribution >= 0.6 is 0 Å². The van der Waals surface area contributed by atoms with Crippen LogP contribution in [0.25, 0.3) is 0 Å². The lowest BCUT2D eigenvalue weighted by Gasteiger charge is -2.38. The molecule has 2 saturated heterocycles. The van der Waals surface area contributed by atoms with Gasteiger partial charge in [0.25, 0.3) is 5.79 Å². The molecule has 1 amide bonds. The summed E-state index contributed by atoms with van der Waals surface area (Å²) in [5, 5.41) is 2.43. The van der Waals surface area contributed by atoms with Crippen LogP contribution in [0.3, 0.4) is 0 Å². The molecule has 0 unspecified atom stereocenters. The molecule has 2 aliphatic heterocycles. The lowest BCUT2D eigenvalue weighted by Crippen LogP contribution is -2.58. The third-order valence-corrected chi connectivity index (χ3v) is 5.16. The average Bonchev–Trinajstić information content (AvgIpc) is 3.04. The van der Waals surface area contributed by atoms with E-state index in [0.717, 1.165) is 6.07 Å². The third-order valence-electron chi connectivity index (χ3n) is 5.16. The van der Waals surface area contributed by atoms with E-state index in [4.69, 9.17) is 18.9 Å². The van der Waals surface area contributed by atoms with Crippen LogP contribution in [0.15, 0.2) is 18.2 Å². The molecule has 2 atom stereocenters. The molecule has 1 N–H and O–H groups in total. The number of rotatable bonds is 4. The van der Waals surface area contributed by atoms with Gasteiger partial charge in [-0.3, -0.25) is 14.4 Å². The number of benzene rings is 1. The summed E-state index contributed by atoms with van der Waals surface area (Å²) in [6.45, 7) is 6.55. The summed E-state index contributed by atoms with van der Waals surface area (Å²) in [5.74, 6) is -10.9. The van der Waals surface area contributed by atoms with Gasteiger partial charge in [0.2, 0.25) is 5.92 Å². The quantitative estimate of drug-likeness (QED) is 0.528. The molecule has 0 aromatic heterocycles. The van der Waals surface area contributed by atoms with Gasteiger partial charge >= 0.3 is 18.0 Å². The van der Waals surface area contributed by atoms with Gasteiger partial charge in [-0.15, -0.1) is 0 Å². The Morgan fingerprint density at radius 2 is 1.73 bits per heavy atom. The number of cyclic esters (lactones) is 2. The van der Waals surface area contributed by atoms with Crippen LogP contribution in [-0.2, 0) is 38.9 Å². The second-order valence-electron chi connectivity index (χ2n) is 9.34. The zero-order chi connectivity index (χ0) is 24.8. The Morgan fingerprint density at radius 3 is 2.30 bits per heavy atom. The predicted molar refractivity (Wildman–Crippen MR) is 106 cm³/mol. The van der Waals surface area contributed by atoms with Crippen LogP contribution in [-0.4, -0.2) is 48.4 Å². The van der Waals surface area contributed by atoms with Crippen molar-refractivity contribution in [2.24, 2.45) is 11.8 Å². The smallest absolute Gasteiger partial charge is 0.408 e. The molecule has 2 aliphatic rings. The van der Waals surface area contributed by atoms with E-state index < -0.39 is 83.0 Å². The molecular formula is C22H25F2NO8. The van der Waals surface area contributed by atoms with E-state index in [0.29, 0.717) is 0 Å². The minimum atomic E-state index is -1.99. The molecule has 33 heavy (non-hydrogen) atoms. The number of halogens is 2. The van der Waals surface area contributed by atoms with E-state index in [-0.39, 0.29) is 0 Å². The number of hydrogen-bond acceptors (Lipinski definition) is 8. The molecule has 2 heterocycles. The topological polar surface area (TPSA) is 117 Å². The Bertz CT molecular complexity index is 983. The molecule has 0 bridgehead atoms. The van der Waals surface area contributed by atoms with Crippen LogP contribution in [0.1, 0.15) is 40.2 Å². The first-order chi connectivity index (χ1) is 15.2. The molecule has 180 valence electrons. The number of esters is 2. The molecule has 0 aliphatic carbocycles. The lowest BCUT2D eigenvalue weighted by molar-refractivity contribution is -0.238. The molecule has 2 fully saturated rings. The highest BCUT2D eigenvalue weighted by molar-refractivity contribution is 6.17. The number of ketones is 1. The van der Waals surface area contributed by atoms with Crippen molar-refractivity contribution < 1.29 is 46.9 Å². The fourth-order valence-corrected chi connectivity index (χ4v) is 3.85. The molecule has 0 saturated carbocycles. The van der Waals surface area contributed by atoms with Gasteiger partial charge in [0.05, 0.1) is 19.1 Å². The first-order valence-corrected chi connectivity index (χ1v) is 10.2. The largest absolute Gasteiger partial charge is 0.444 e. The van der Waals surface area contributed by atoms with Gasteiger partial charge in [0.15, 0.2) is 17.4 Å². The summed E-state index contributed by atoms with van der Waals surface area (Å²) in [5.41, 5.74) is -3.33. The van der Waals surface area contributed by atoms with E-state index in [1.807, 2.05) is 0 Å². The van der Waals surface area contributed by atoms with Crippen LogP contribution in [0.2, 0.25) is 0 Å². The van der Waals surface area contributed by atoms with Crippen molar-refractivity contribution in [3.05, 3.63) is 35.4 Å². The molecule has 3 rings (SSSR count). The van der Waals surface area contributed by atoms with Crippen molar-refractivity contribution in [1.82, 2.24) is 5.32 Å². The lowest BCUT2D eigenvalue weighted by atomic mass is 9.75. The number of carbonyl (C=O) groups excluding carboxylic acids is 4. The highest BCUT2D eigenvalue weighted by Gasteiger charge is 2.58. The summed E-state index contributed by atoms with van der Waals surface area (Å²) in [7, 11) is 0. The number of carbonyl (C=O) groups is 4. The second-order valence-corrected chi connectivity index (χ2v) is 9.34. The van der Waals surface area contributed by atoms with Crippen molar-refractivity contribution in [2.45, 2.75) is 51.5 Å². The zero-order valence-corrected chi connectivity index (χ0v) is 18.8. The van der Waals surface area contributed by atoms with Crippen molar-refractivity contribution in [1.29, 1.82) is 0 Å². The van der Waals surface area contributed by atoms with E-state index in [1.165, 1.54) is 26.0 Å². The van der Waals surface area contributed by atoms with Gasteiger partial charge in [-0.25, -0.2) is 13.6 Å². The fraction of sp³-hybridized carbons (Fsp3) is 0.545. The Morgan fingerprint density at radius 1 is 1.12 bits per heavy atom. The van der Waals surface area contributed by atoms with Crippen molar-refractivity contribution in [3.63, 3.8) is 0 Å². The normalized spacial score (nSPS) is 25.2. The second kappa shape index (κ2) is 8.36. The van der Waals surface area contributed by atoms with Crippen LogP contribution in [0.5, 0.6) is 0 Å². The molecule has 0 spiro atoms. The monoisotopic (exact) mass is 469 g/mol. The van der Waals surface area contributed by atoms with E-state index in [9.17, 15) is 28.0 Å². The first kappa shape index (κ1) is 24.6. The Kier molecular flexibility index (Phi) is 6.22. The van der Waals surface area contributed by atoms with Gasteiger partial charge in [-0.2, -0.15) is 0 Å². The fourth-order valence-electron chi connectivity index (χ4n) is 3.85. The summed E-state index contributed by atoms with van der Waals surface area (Å²) >= 11 is 0. The number of amides is 1. The molecule has 1 aromatic carbocycles. The Balaban J connectivity index is 2.06. The van der Waals surface area contributed by atoms with Crippen molar-refractivity contribution in [3.8, 4) is 0 Å². The number of ether oxygens (including phenoxy) is 4. The van der Waals surface area contributed by atoms with Gasteiger partial charge in [0, 0.05) is 19.4 Å². The van der Waals surface area contributed by atoms with Gasteiger partial charge in [-0.05, 0) is 26.8 Å². The zero-order valence-electron chi connectivity index (χ0n) is 18.8. The Hall–Kier alpha value is -3.08. The minimum absolute atomic E-state index is 0.398. The highest BCUT2D eigenvalue weighted by Crippen LogP contribution is 2.41. The van der Waals surface area contributed by atoms with Crippen LogP contribution in [0.4, 0.5) is 13.6 Å². The number of Topliss-reactive ketones (excluding diaryl/α,β-unsaturated/α-hetero) is 1. The van der Waals surface area contributed by atoms with E-state index in [1.54, 1.807) is 20.8 Å². The first-order valence-electron chi connectivity index (χ1n) is 10.2. The van der Waals surface area contributed by atoms with Crippen molar-refractivity contribution in [2.75, 3.05) is 13.2 Å². The standard InChI is InChI=1S/C22H25F2NO8/c1-20(2,3)33-19(29)25-22(11-7-6-8-13(23)15(11)24)10-30-9-12(22)16(26)14-17(27)31-21(4,5)32-18(14)28/h6-8,12,14H,9-10H2,1-5H3,(H,25,29)/t12-,22+/m0/s1. The van der Waals surface area contributed by atoms with Crippen molar-refractivity contribution >= 4 is 23.8 Å². The minimum Gasteiger partial charge on any atom is -0.444 e. The Labute approximate surface area is 188 Å². The van der Waals surface area contributed by atoms with Gasteiger partial charge in [-0.1, -0.05) is 12.1 Å². The molecule has 9 nitrogen and oxygen atoms in total. The van der Waals surface area contributed by atoms with E-state index in [2.05, 4.69) is 5.32 Å². The van der Waals surface area contributed by atoms with Gasteiger partial charge < -0.3 is 24.3 Å². The summed E-state index contributed by atoms with van der Waals surface area (Å²) in [6, 6.07) is 3.23. The number of nitrogens with one attached hydrogen (secondary N) is 1. The molecular weight excluding hydrogens is 444 g/mol. The molecule has 11 heteroatoms. The van der Waals surface area contributed by atoms with Crippen LogP contribution < -0.4 is 5.32 Å². The highest BCUT2D eigenvalue weighted by atomic mass is 19.2. The number of hydrogen-bond donors (Lipinski definition) is 1. The SMILES string of the molecule is CC(C)(C)OC(=O)N[C@@]1(c2cccc(F)c2F)COC[C@H]1C(=O)C1C(=O)OC(C)(C)OC1=O. The summed E-state index contributed by atoms with van der Waals surface area (Å²) in [4.78, 5) is 51.0. The molecule has 1 aromatic rings. The van der Waals surface area contributed by atoms with Gasteiger partial charge in [0.1, 0.15) is 11.1 Å². The maximum Gasteiger partial charge on any atom is 0.408 e. The molecule has 0 radical (unpaired) electrons.